The van der Waals surface area contributed by atoms with E-state index in [9.17, 15) is 23.4 Å². The second-order valence-corrected chi connectivity index (χ2v) is 39.2. The summed E-state index contributed by atoms with van der Waals surface area (Å²) in [5, 5.41) is 26.6. The third-order valence-corrected chi connectivity index (χ3v) is 20.4. The van der Waals surface area contributed by atoms with Crippen LogP contribution in [-0.4, -0.2) is 245 Å². The van der Waals surface area contributed by atoms with Gasteiger partial charge in [0.25, 0.3) is 5.92 Å². The average molecular weight is 1520 g/mol. The number of piperidine rings is 2. The van der Waals surface area contributed by atoms with Crippen LogP contribution in [0.4, 0.5) is 13.2 Å². The van der Waals surface area contributed by atoms with Crippen LogP contribution in [-0.2, 0) is 9.47 Å². The molecule has 0 aromatic carbocycles. The summed E-state index contributed by atoms with van der Waals surface area (Å²) in [6.45, 7) is 81.6. The number of hydrogen-bond acceptors (Lipinski definition) is 12. The number of likely N-dealkylation sites (N-methyl/N-ethyl adjacent to an activating group) is 1. The number of aliphatic hydroxyl groups is 3. The van der Waals surface area contributed by atoms with Crippen molar-refractivity contribution in [3.63, 3.8) is 0 Å². The highest BCUT2D eigenvalue weighted by atomic mass is 19.3. The molecule has 7 saturated heterocycles. The Kier molecular flexibility index (Phi) is 68.8. The Bertz CT molecular complexity index is 1800. The van der Waals surface area contributed by atoms with Crippen LogP contribution in [0.1, 0.15) is 308 Å². The lowest BCUT2D eigenvalue weighted by molar-refractivity contribution is 0.0118. The predicted molar refractivity (Wildman–Crippen MR) is 459 cm³/mol. The molecule has 8 aliphatic rings. The smallest absolute Gasteiger partial charge is 0.261 e. The molecular formula is C91H192F3N7O5. The number of rotatable bonds is 27. The van der Waals surface area contributed by atoms with Gasteiger partial charge in [-0.2, -0.15) is 0 Å². The quantitative estimate of drug-likeness (QED) is 0.0730. The molecule has 4 unspecified atom stereocenters. The molecule has 8 rings (SSSR count). The number of piperazine rings is 1. The number of ether oxygens (including phenoxy) is 2. The fraction of sp³-hybridized carbons (Fsp3) is 1.00. The predicted octanol–water partition coefficient (Wildman–Crippen LogP) is 21.0. The van der Waals surface area contributed by atoms with Crippen molar-refractivity contribution in [1.29, 1.82) is 0 Å². The largest absolute Gasteiger partial charge is 0.396 e. The highest BCUT2D eigenvalue weighted by Gasteiger charge is 2.37. The van der Waals surface area contributed by atoms with Crippen LogP contribution in [0.25, 0.3) is 0 Å². The summed E-state index contributed by atoms with van der Waals surface area (Å²) < 4.78 is 47.8. The van der Waals surface area contributed by atoms with Crippen LogP contribution in [0.3, 0.4) is 0 Å². The van der Waals surface area contributed by atoms with Crippen molar-refractivity contribution >= 4 is 0 Å². The van der Waals surface area contributed by atoms with Crippen LogP contribution < -0.4 is 0 Å². The zero-order chi connectivity index (χ0) is 81.4. The van der Waals surface area contributed by atoms with E-state index in [0.29, 0.717) is 43.2 Å². The zero-order valence-corrected chi connectivity index (χ0v) is 76.4. The molecule has 3 N–H and O–H groups in total. The van der Waals surface area contributed by atoms with Gasteiger partial charge in [0.15, 0.2) is 0 Å². The van der Waals surface area contributed by atoms with Crippen LogP contribution in [0.2, 0.25) is 0 Å². The first-order valence-corrected chi connectivity index (χ1v) is 44.6. The first-order chi connectivity index (χ1) is 49.4. The molecule has 4 atom stereocenters. The van der Waals surface area contributed by atoms with Gasteiger partial charge in [0.2, 0.25) is 0 Å². The number of nitrogens with zero attached hydrogens (tertiary/aromatic N) is 7. The normalized spacial score (nSPS) is 21.8. The monoisotopic (exact) mass is 1520 g/mol. The first-order valence-electron chi connectivity index (χ1n) is 44.6. The first kappa shape index (κ1) is 109. The molecule has 0 amide bonds. The van der Waals surface area contributed by atoms with E-state index >= 15 is 0 Å². The van der Waals surface area contributed by atoms with Crippen LogP contribution in [0, 0.1) is 88.8 Å². The fourth-order valence-corrected chi connectivity index (χ4v) is 13.9. The van der Waals surface area contributed by atoms with E-state index in [2.05, 4.69) is 189 Å². The Labute approximate surface area is 661 Å². The van der Waals surface area contributed by atoms with Gasteiger partial charge in [-0.15, -0.1) is 0 Å². The highest BCUT2D eigenvalue weighted by molar-refractivity contribution is 4.82. The molecule has 0 bridgehead atoms. The summed E-state index contributed by atoms with van der Waals surface area (Å²) in [6, 6.07) is 0. The molecule has 0 aromatic heterocycles. The lowest BCUT2D eigenvalue weighted by Crippen LogP contribution is -2.44. The van der Waals surface area contributed by atoms with E-state index in [1.54, 1.807) is 6.92 Å². The molecular weight excluding hydrogens is 1330 g/mol. The minimum atomic E-state index is -2.42. The average Bonchev–Trinajstić information content (AvgIpc) is 1.67. The zero-order valence-electron chi connectivity index (χ0n) is 76.4. The number of likely N-dealkylation sites (tertiary alicyclic amines) is 4. The maximum absolute atomic E-state index is 12.7. The Morgan fingerprint density at radius 2 is 0.830 bits per heavy atom. The lowest BCUT2D eigenvalue weighted by atomic mass is 9.89. The second kappa shape index (κ2) is 66.6. The molecule has 1 saturated carbocycles. The van der Waals surface area contributed by atoms with Gasteiger partial charge in [-0.05, 0) is 285 Å². The molecule has 7 aliphatic heterocycles. The van der Waals surface area contributed by atoms with E-state index < -0.39 is 17.7 Å². The molecule has 15 heteroatoms. The summed E-state index contributed by atoms with van der Waals surface area (Å²) >= 11 is 0. The molecule has 7 heterocycles. The van der Waals surface area contributed by atoms with Gasteiger partial charge in [0, 0.05) is 91.7 Å². The Hall–Kier alpha value is -0.690. The van der Waals surface area contributed by atoms with E-state index in [0.717, 1.165) is 156 Å². The molecule has 12 nitrogen and oxygen atoms in total. The van der Waals surface area contributed by atoms with Gasteiger partial charge in [-0.3, -0.25) is 9.80 Å². The molecule has 0 radical (unpaired) electrons. The third kappa shape index (κ3) is 79.9. The fourth-order valence-electron chi connectivity index (χ4n) is 13.9. The standard InChI is InChI=1S/C11H23N.C10H22N2.C10H21N.C9H17F2N.2C9H19NO.C8H16O.C7H16O.C7H14.C6H13F.C5H12O/c1-10(2)6-8-12-7-4-5-11(3)9-12;1-10(2)4-5-12-8-6-11(3)7-9-12;1-9(2)8-10-4-6-11(3)7-5-10;1-8(2)3-5-12-6-4-9(10,11)7-12;1-8(2)3-5-10-6-4-9(11)7-10;1-9(2)3-4-10-5-7-11-8-6-10;1-7(2)5-8-3-4-9-6-8;1-6(2)5-7(3,4)8;1-6(2)5-7-3-4-7;1-5(2)4-6(3)7;1-5(2)3-4-6/h10-11H,4-9H2,1-3H3;10H,4-9H2,1-3H3;9-10H,4-8H2,1-3H3;8H,3-7H2,1-2H3;8-9,11H,3-7H2,1-2H3;9H,3-8H2,1-2H3;7-8H,3-6H2,1-2H3;6,8H,5H2,1-4H3;6-7H,3-5H2,1-2H3;5-6H,4H2,1-3H3;5-6H,3-4H2,1-2H3. The molecule has 8 fully saturated rings. The van der Waals surface area contributed by atoms with Gasteiger partial charge in [-0.1, -0.05) is 172 Å². The summed E-state index contributed by atoms with van der Waals surface area (Å²) in [5.74, 6) is 9.88. The number of β-amino-alcohol motifs (C(OH)–C–C–N with tert-alkyl or cyclic N) is 1. The number of hydrogen-bond donors (Lipinski definition) is 3. The van der Waals surface area contributed by atoms with Gasteiger partial charge in [-0.25, -0.2) is 13.2 Å². The van der Waals surface area contributed by atoms with Crippen molar-refractivity contribution in [1.82, 2.24) is 34.3 Å². The Morgan fingerprint density at radius 3 is 1.14 bits per heavy atom. The summed E-state index contributed by atoms with van der Waals surface area (Å²) in [5.41, 5.74) is -0.478. The van der Waals surface area contributed by atoms with E-state index in [-0.39, 0.29) is 19.1 Å². The molecule has 106 heavy (non-hydrogen) atoms. The van der Waals surface area contributed by atoms with Crippen molar-refractivity contribution in [3.05, 3.63) is 0 Å². The molecule has 0 aromatic rings. The van der Waals surface area contributed by atoms with Gasteiger partial charge < -0.3 is 49.3 Å². The molecule has 0 spiro atoms. The van der Waals surface area contributed by atoms with Crippen molar-refractivity contribution in [3.8, 4) is 0 Å². The number of halogens is 3. The second-order valence-electron chi connectivity index (χ2n) is 39.2. The highest BCUT2D eigenvalue weighted by Crippen LogP contribution is 2.35. The minimum Gasteiger partial charge on any atom is -0.396 e. The van der Waals surface area contributed by atoms with Gasteiger partial charge in [0.1, 0.15) is 0 Å². The van der Waals surface area contributed by atoms with Crippen LogP contribution in [0.15, 0.2) is 0 Å². The van der Waals surface area contributed by atoms with Crippen molar-refractivity contribution in [2.45, 2.75) is 332 Å². The molecule has 1 aliphatic carbocycles. The van der Waals surface area contributed by atoms with Crippen molar-refractivity contribution in [2.75, 3.05) is 171 Å². The van der Waals surface area contributed by atoms with E-state index in [1.165, 1.54) is 162 Å². The minimum absolute atomic E-state index is 0.0281. The molecule has 642 valence electrons. The van der Waals surface area contributed by atoms with Gasteiger partial charge >= 0.3 is 0 Å². The number of morpholine rings is 1. The maximum atomic E-state index is 12.7. The van der Waals surface area contributed by atoms with Crippen LogP contribution >= 0.6 is 0 Å². The summed E-state index contributed by atoms with van der Waals surface area (Å²) in [4.78, 5) is 16.8. The summed E-state index contributed by atoms with van der Waals surface area (Å²) in [6.07, 6.45) is 23.4. The summed E-state index contributed by atoms with van der Waals surface area (Å²) in [7, 11) is 4.44. The number of aliphatic hydroxyl groups excluding tert-OH is 2. The van der Waals surface area contributed by atoms with E-state index in [1.807, 2.05) is 32.6 Å². The maximum Gasteiger partial charge on any atom is 0.261 e. The number of alkyl halides is 3. The topological polar surface area (TPSA) is 102 Å². The lowest BCUT2D eigenvalue weighted by Gasteiger charge is -2.32. The SMILES string of the molecule is CC(C)CC(C)(C)O.CC(C)CC(C)F.CC(C)CC1CC1.CC(C)CC1CCN(C)CC1.CC(C)CC1CCOC1.CC(C)CCN1CCC(F)(F)C1.CC(C)CCN1CCC(O)C1.CC(C)CCN1CCCC(C)C1.CC(C)CCN1CCN(C)CC1.CC(C)CCN1CCOCC1.CC(C)CCO. The Balaban J connectivity index is -0.00000111. The van der Waals surface area contributed by atoms with Crippen molar-refractivity contribution < 1.29 is 38.0 Å². The Morgan fingerprint density at radius 1 is 0.415 bits per heavy atom. The van der Waals surface area contributed by atoms with Gasteiger partial charge in [0.05, 0.1) is 37.6 Å². The van der Waals surface area contributed by atoms with Crippen molar-refractivity contribution in [2.24, 2.45) is 88.8 Å². The third-order valence-electron chi connectivity index (χ3n) is 20.4. The van der Waals surface area contributed by atoms with E-state index in [4.69, 9.17) is 14.6 Å². The van der Waals surface area contributed by atoms with Crippen LogP contribution in [0.5, 0.6) is 0 Å².